The first-order chi connectivity index (χ1) is 12.7. The number of aliphatic imine (C=N–C) groups is 1. The summed E-state index contributed by atoms with van der Waals surface area (Å²) in [6.07, 6.45) is 5.67. The molecule has 0 aromatic heterocycles. The van der Waals surface area contributed by atoms with Gasteiger partial charge in [-0.15, -0.1) is 24.0 Å². The average molecular weight is 494 g/mol. The number of hydrogen-bond acceptors (Lipinski definition) is 4. The molecule has 27 heavy (non-hydrogen) atoms. The molecule has 7 heteroatoms. The molecule has 0 saturated carbocycles. The highest BCUT2D eigenvalue weighted by Gasteiger charge is 2.28. The minimum Gasteiger partial charge on any atom is -0.466 e. The third-order valence-corrected chi connectivity index (χ3v) is 5.42. The monoisotopic (exact) mass is 494 g/mol. The molecule has 0 aromatic carbocycles. The summed E-state index contributed by atoms with van der Waals surface area (Å²) < 4.78 is 5.22. The zero-order chi connectivity index (χ0) is 18.8. The highest BCUT2D eigenvalue weighted by Crippen LogP contribution is 2.20. The van der Waals surface area contributed by atoms with Crippen molar-refractivity contribution in [3.63, 3.8) is 0 Å². The van der Waals surface area contributed by atoms with Crippen LogP contribution in [0.2, 0.25) is 0 Å². The largest absolute Gasteiger partial charge is 0.466 e. The Morgan fingerprint density at radius 2 is 1.89 bits per heavy atom. The standard InChI is InChI=1S/C20H38N4O2.HI/c1-4-11-23-13-9-17(10-14-23)15-22-20(21-5-2)24-12-7-8-18(16-24)19(25)26-6-3;/h17-18H,4-16H2,1-3H3,(H,21,22);1H. The van der Waals surface area contributed by atoms with E-state index >= 15 is 0 Å². The van der Waals surface area contributed by atoms with Gasteiger partial charge >= 0.3 is 5.97 Å². The van der Waals surface area contributed by atoms with Crippen LogP contribution in [0.1, 0.15) is 52.9 Å². The maximum absolute atomic E-state index is 12.1. The molecule has 2 fully saturated rings. The SMILES string of the molecule is CCCN1CCC(CN=C(NCC)N2CCCC(C(=O)OCC)C2)CC1.I. The van der Waals surface area contributed by atoms with Crippen LogP contribution in [0, 0.1) is 11.8 Å². The average Bonchev–Trinajstić information content (AvgIpc) is 2.67. The molecule has 6 nitrogen and oxygen atoms in total. The Morgan fingerprint density at radius 3 is 2.52 bits per heavy atom. The summed E-state index contributed by atoms with van der Waals surface area (Å²) in [5.41, 5.74) is 0. The van der Waals surface area contributed by atoms with Gasteiger partial charge in [0.2, 0.25) is 0 Å². The van der Waals surface area contributed by atoms with Crippen LogP contribution >= 0.6 is 24.0 Å². The maximum Gasteiger partial charge on any atom is 0.310 e. The summed E-state index contributed by atoms with van der Waals surface area (Å²) in [4.78, 5) is 21.9. The third-order valence-electron chi connectivity index (χ3n) is 5.42. The minimum absolute atomic E-state index is 0. The molecule has 0 amide bonds. The lowest BCUT2D eigenvalue weighted by Crippen LogP contribution is -2.48. The number of carbonyl (C=O) groups is 1. The quantitative estimate of drug-likeness (QED) is 0.255. The summed E-state index contributed by atoms with van der Waals surface area (Å²) in [7, 11) is 0. The van der Waals surface area contributed by atoms with Gasteiger partial charge in [-0.1, -0.05) is 6.92 Å². The summed E-state index contributed by atoms with van der Waals surface area (Å²) >= 11 is 0. The van der Waals surface area contributed by atoms with Gasteiger partial charge in [-0.05, 0) is 71.5 Å². The first-order valence-corrected chi connectivity index (χ1v) is 10.6. The van der Waals surface area contributed by atoms with E-state index in [1.54, 1.807) is 0 Å². The summed E-state index contributed by atoms with van der Waals surface area (Å²) in [5, 5.41) is 3.43. The number of rotatable bonds is 7. The summed E-state index contributed by atoms with van der Waals surface area (Å²) in [5.74, 6) is 1.57. The van der Waals surface area contributed by atoms with Crippen LogP contribution in [0.15, 0.2) is 4.99 Å². The number of ether oxygens (including phenoxy) is 1. The van der Waals surface area contributed by atoms with Crippen LogP contribution < -0.4 is 5.32 Å². The third kappa shape index (κ3) is 8.13. The van der Waals surface area contributed by atoms with Gasteiger partial charge in [0.15, 0.2) is 5.96 Å². The first kappa shape index (κ1) is 24.5. The number of piperidine rings is 2. The van der Waals surface area contributed by atoms with Crippen LogP contribution in [0.4, 0.5) is 0 Å². The van der Waals surface area contributed by atoms with Crippen molar-refractivity contribution in [2.24, 2.45) is 16.8 Å². The van der Waals surface area contributed by atoms with Gasteiger partial charge in [-0.3, -0.25) is 9.79 Å². The molecule has 1 N–H and O–H groups in total. The number of nitrogens with one attached hydrogen (secondary N) is 1. The Hall–Kier alpha value is -0.570. The predicted octanol–water partition coefficient (Wildman–Crippen LogP) is 2.97. The van der Waals surface area contributed by atoms with Gasteiger partial charge < -0.3 is 19.9 Å². The van der Waals surface area contributed by atoms with Crippen molar-refractivity contribution >= 4 is 35.9 Å². The molecule has 0 aliphatic carbocycles. The van der Waals surface area contributed by atoms with Crippen LogP contribution in [0.5, 0.6) is 0 Å². The number of carbonyl (C=O) groups excluding carboxylic acids is 1. The fraction of sp³-hybridized carbons (Fsp3) is 0.900. The number of hydrogen-bond donors (Lipinski definition) is 1. The lowest BCUT2D eigenvalue weighted by molar-refractivity contribution is -0.149. The second-order valence-electron chi connectivity index (χ2n) is 7.52. The van der Waals surface area contributed by atoms with Crippen molar-refractivity contribution in [2.45, 2.75) is 52.9 Å². The molecule has 0 spiro atoms. The van der Waals surface area contributed by atoms with E-state index in [2.05, 4.69) is 29.0 Å². The fourth-order valence-electron chi connectivity index (χ4n) is 3.97. The number of likely N-dealkylation sites (tertiary alicyclic amines) is 2. The number of nitrogens with zero attached hydrogens (tertiary/aromatic N) is 3. The first-order valence-electron chi connectivity index (χ1n) is 10.6. The number of halogens is 1. The van der Waals surface area contributed by atoms with Crippen LogP contribution in [0.3, 0.4) is 0 Å². The van der Waals surface area contributed by atoms with E-state index in [0.717, 1.165) is 45.0 Å². The van der Waals surface area contributed by atoms with Crippen molar-refractivity contribution in [3.8, 4) is 0 Å². The van der Waals surface area contributed by atoms with Crippen molar-refractivity contribution in [1.29, 1.82) is 0 Å². The van der Waals surface area contributed by atoms with E-state index < -0.39 is 0 Å². The molecular weight excluding hydrogens is 455 g/mol. The zero-order valence-electron chi connectivity index (χ0n) is 17.4. The Balaban J connectivity index is 0.00000364. The second-order valence-corrected chi connectivity index (χ2v) is 7.52. The highest BCUT2D eigenvalue weighted by atomic mass is 127. The predicted molar refractivity (Wildman–Crippen MR) is 122 cm³/mol. The van der Waals surface area contributed by atoms with Gasteiger partial charge in [0.05, 0.1) is 12.5 Å². The number of esters is 1. The van der Waals surface area contributed by atoms with Gasteiger partial charge in [-0.25, -0.2) is 0 Å². The molecule has 0 radical (unpaired) electrons. The van der Waals surface area contributed by atoms with Crippen LogP contribution in [0.25, 0.3) is 0 Å². The van der Waals surface area contributed by atoms with Gasteiger partial charge in [-0.2, -0.15) is 0 Å². The molecule has 2 saturated heterocycles. The molecule has 0 bridgehead atoms. The van der Waals surface area contributed by atoms with E-state index in [1.165, 1.54) is 38.9 Å². The highest BCUT2D eigenvalue weighted by molar-refractivity contribution is 14.0. The van der Waals surface area contributed by atoms with E-state index in [9.17, 15) is 4.79 Å². The molecule has 0 aromatic rings. The second kappa shape index (κ2) is 13.6. The van der Waals surface area contributed by atoms with E-state index in [1.807, 2.05) is 6.92 Å². The Kier molecular flexibility index (Phi) is 12.3. The van der Waals surface area contributed by atoms with Gasteiger partial charge in [0.25, 0.3) is 0 Å². The lowest BCUT2D eigenvalue weighted by Gasteiger charge is -2.35. The molecule has 1 atom stereocenters. The molecule has 2 aliphatic rings. The zero-order valence-corrected chi connectivity index (χ0v) is 19.7. The Morgan fingerprint density at radius 1 is 1.15 bits per heavy atom. The van der Waals surface area contributed by atoms with Crippen LogP contribution in [-0.4, -0.2) is 74.1 Å². The van der Waals surface area contributed by atoms with E-state index in [4.69, 9.17) is 9.73 Å². The topological polar surface area (TPSA) is 57.2 Å². The van der Waals surface area contributed by atoms with Gasteiger partial charge in [0, 0.05) is 26.2 Å². The molecular formula is C20H39IN4O2. The minimum atomic E-state index is -0.0589. The van der Waals surface area contributed by atoms with Crippen LogP contribution in [-0.2, 0) is 9.53 Å². The Bertz CT molecular complexity index is 453. The Labute approximate surface area is 182 Å². The van der Waals surface area contributed by atoms with Crippen molar-refractivity contribution in [1.82, 2.24) is 15.1 Å². The molecule has 2 rings (SSSR count). The number of guanidine groups is 1. The van der Waals surface area contributed by atoms with Crippen molar-refractivity contribution < 1.29 is 9.53 Å². The smallest absolute Gasteiger partial charge is 0.310 e. The fourth-order valence-corrected chi connectivity index (χ4v) is 3.97. The maximum atomic E-state index is 12.1. The van der Waals surface area contributed by atoms with Crippen molar-refractivity contribution in [3.05, 3.63) is 0 Å². The summed E-state index contributed by atoms with van der Waals surface area (Å²) in [6, 6.07) is 0. The van der Waals surface area contributed by atoms with Gasteiger partial charge in [0.1, 0.15) is 0 Å². The van der Waals surface area contributed by atoms with Crippen molar-refractivity contribution in [2.75, 3.05) is 52.4 Å². The summed E-state index contributed by atoms with van der Waals surface area (Å²) in [6.45, 7) is 13.8. The molecule has 1 unspecified atom stereocenters. The van der Waals surface area contributed by atoms with E-state index in [0.29, 0.717) is 12.5 Å². The molecule has 2 heterocycles. The molecule has 158 valence electrons. The molecule has 2 aliphatic heterocycles. The lowest BCUT2D eigenvalue weighted by atomic mass is 9.97. The normalized spacial score (nSPS) is 22.3. The van der Waals surface area contributed by atoms with E-state index in [-0.39, 0.29) is 35.9 Å².